The fourth-order valence-electron chi connectivity index (χ4n) is 1.65. The van der Waals surface area contributed by atoms with Crippen LogP contribution in [0.5, 0.6) is 5.88 Å². The minimum atomic E-state index is -0.0166. The molecule has 0 aromatic carbocycles. The van der Waals surface area contributed by atoms with Crippen molar-refractivity contribution in [2.24, 2.45) is 0 Å². The Morgan fingerprint density at radius 2 is 2.06 bits per heavy atom. The van der Waals surface area contributed by atoms with E-state index in [0.29, 0.717) is 19.0 Å². The van der Waals surface area contributed by atoms with Gasteiger partial charge in [-0.3, -0.25) is 9.13 Å². The van der Waals surface area contributed by atoms with Crippen LogP contribution in [-0.4, -0.2) is 21.2 Å². The van der Waals surface area contributed by atoms with E-state index in [2.05, 4.69) is 4.98 Å². The van der Waals surface area contributed by atoms with Gasteiger partial charge in [0.1, 0.15) is 0 Å². The molecule has 0 amide bonds. The van der Waals surface area contributed by atoms with Crippen LogP contribution in [0.15, 0.2) is 35.4 Å². The third-order valence-electron chi connectivity index (χ3n) is 2.58. The lowest BCUT2D eigenvalue weighted by Crippen LogP contribution is -2.24. The molecule has 2 rings (SSSR count). The number of imidazole rings is 1. The Kier molecular flexibility index (Phi) is 3.27. The number of rotatable bonds is 4. The van der Waals surface area contributed by atoms with Gasteiger partial charge in [-0.05, 0) is 13.0 Å². The van der Waals surface area contributed by atoms with Gasteiger partial charge in [-0.25, -0.2) is 9.78 Å². The molecule has 0 spiro atoms. The van der Waals surface area contributed by atoms with E-state index in [1.165, 1.54) is 0 Å². The minimum absolute atomic E-state index is 0.0166. The van der Waals surface area contributed by atoms with Gasteiger partial charge < -0.3 is 4.74 Å². The second-order valence-electron chi connectivity index (χ2n) is 3.67. The highest BCUT2D eigenvalue weighted by molar-refractivity contribution is 5.15. The lowest BCUT2D eigenvalue weighted by Gasteiger charge is -2.03. The summed E-state index contributed by atoms with van der Waals surface area (Å²) in [7, 11) is 1.58. The summed E-state index contributed by atoms with van der Waals surface area (Å²) >= 11 is 0. The third kappa shape index (κ3) is 2.38. The monoisotopic (exact) mass is 233 g/mol. The molecule has 0 aliphatic carbocycles. The van der Waals surface area contributed by atoms with Crippen molar-refractivity contribution in [1.82, 2.24) is 14.1 Å². The van der Waals surface area contributed by atoms with Crippen LogP contribution >= 0.6 is 0 Å². The average molecular weight is 233 g/mol. The molecule has 0 radical (unpaired) electrons. The zero-order chi connectivity index (χ0) is 12.3. The molecule has 90 valence electrons. The predicted octanol–water partition coefficient (Wildman–Crippen LogP) is 1.12. The van der Waals surface area contributed by atoms with E-state index in [1.807, 2.05) is 19.1 Å². The Bertz CT molecular complexity index is 557. The van der Waals surface area contributed by atoms with Crippen LogP contribution in [0.25, 0.3) is 0 Å². The maximum Gasteiger partial charge on any atom is 0.328 e. The van der Waals surface area contributed by atoms with Crippen molar-refractivity contribution >= 4 is 0 Å². The number of aryl methyl sites for hydroxylation is 1. The van der Waals surface area contributed by atoms with Crippen molar-refractivity contribution in [1.29, 1.82) is 0 Å². The van der Waals surface area contributed by atoms with E-state index in [9.17, 15) is 4.79 Å². The van der Waals surface area contributed by atoms with Crippen LogP contribution in [0.2, 0.25) is 0 Å². The van der Waals surface area contributed by atoms with Crippen molar-refractivity contribution in [2.45, 2.75) is 20.0 Å². The average Bonchev–Trinajstić information content (AvgIpc) is 2.71. The highest BCUT2D eigenvalue weighted by Crippen LogP contribution is 2.07. The zero-order valence-electron chi connectivity index (χ0n) is 9.96. The number of methoxy groups -OCH3 is 1. The molecule has 2 heterocycles. The van der Waals surface area contributed by atoms with Crippen LogP contribution in [0.1, 0.15) is 12.6 Å². The first-order valence-corrected chi connectivity index (χ1v) is 5.50. The van der Waals surface area contributed by atoms with E-state index in [-0.39, 0.29) is 5.69 Å². The summed E-state index contributed by atoms with van der Waals surface area (Å²) in [5, 5.41) is 0. The Balaban J connectivity index is 2.25. The molecule has 0 bridgehead atoms. The molecule has 0 atom stereocenters. The molecule has 0 saturated heterocycles. The van der Waals surface area contributed by atoms with E-state index in [1.54, 1.807) is 34.7 Å². The minimum Gasteiger partial charge on any atom is -0.481 e. The Morgan fingerprint density at radius 3 is 2.71 bits per heavy atom. The molecule has 0 aliphatic heterocycles. The maximum absolute atomic E-state index is 11.8. The van der Waals surface area contributed by atoms with Crippen molar-refractivity contribution < 1.29 is 4.74 Å². The normalized spacial score (nSPS) is 10.5. The van der Waals surface area contributed by atoms with E-state index in [0.717, 1.165) is 5.69 Å². The summed E-state index contributed by atoms with van der Waals surface area (Å²) in [5.74, 6) is 0.561. The van der Waals surface area contributed by atoms with Crippen molar-refractivity contribution in [3.8, 4) is 5.88 Å². The van der Waals surface area contributed by atoms with Gasteiger partial charge >= 0.3 is 5.69 Å². The summed E-state index contributed by atoms with van der Waals surface area (Å²) in [6, 6.07) is 5.52. The van der Waals surface area contributed by atoms with Crippen molar-refractivity contribution in [3.05, 3.63) is 46.8 Å². The predicted molar refractivity (Wildman–Crippen MR) is 64.3 cm³/mol. The third-order valence-corrected chi connectivity index (χ3v) is 2.58. The maximum atomic E-state index is 11.8. The van der Waals surface area contributed by atoms with Crippen LogP contribution in [0, 0.1) is 0 Å². The molecule has 5 nitrogen and oxygen atoms in total. The number of ether oxygens (including phenoxy) is 1. The highest BCUT2D eigenvalue weighted by atomic mass is 16.5. The van der Waals surface area contributed by atoms with Gasteiger partial charge in [-0.1, -0.05) is 6.07 Å². The number of hydrogen-bond donors (Lipinski definition) is 0. The molecule has 0 N–H and O–H groups in total. The quantitative estimate of drug-likeness (QED) is 0.795. The summed E-state index contributed by atoms with van der Waals surface area (Å²) < 4.78 is 8.33. The van der Waals surface area contributed by atoms with Crippen LogP contribution in [0.3, 0.4) is 0 Å². The Morgan fingerprint density at radius 1 is 1.29 bits per heavy atom. The molecule has 0 saturated carbocycles. The van der Waals surface area contributed by atoms with Gasteiger partial charge in [-0.15, -0.1) is 0 Å². The summed E-state index contributed by atoms with van der Waals surface area (Å²) in [5.41, 5.74) is 0.789. The molecule has 5 heteroatoms. The summed E-state index contributed by atoms with van der Waals surface area (Å²) in [6.45, 7) is 3.08. The van der Waals surface area contributed by atoms with E-state index < -0.39 is 0 Å². The molecule has 2 aromatic rings. The number of hydrogen-bond acceptors (Lipinski definition) is 3. The first-order valence-electron chi connectivity index (χ1n) is 5.50. The number of nitrogens with zero attached hydrogens (tertiary/aromatic N) is 3. The van der Waals surface area contributed by atoms with E-state index >= 15 is 0 Å². The smallest absolute Gasteiger partial charge is 0.328 e. The fraction of sp³-hybridized carbons (Fsp3) is 0.333. The fourth-order valence-corrected chi connectivity index (χ4v) is 1.65. The molecule has 17 heavy (non-hydrogen) atoms. The van der Waals surface area contributed by atoms with Crippen LogP contribution in [-0.2, 0) is 13.1 Å². The van der Waals surface area contributed by atoms with Gasteiger partial charge in [0.15, 0.2) is 0 Å². The van der Waals surface area contributed by atoms with Gasteiger partial charge in [0.25, 0.3) is 0 Å². The lowest BCUT2D eigenvalue weighted by molar-refractivity contribution is 0.395. The van der Waals surface area contributed by atoms with Gasteiger partial charge in [-0.2, -0.15) is 0 Å². The largest absolute Gasteiger partial charge is 0.481 e. The van der Waals surface area contributed by atoms with Crippen molar-refractivity contribution in [3.63, 3.8) is 0 Å². The lowest BCUT2D eigenvalue weighted by atomic mass is 10.3. The summed E-state index contributed by atoms with van der Waals surface area (Å²) in [4.78, 5) is 16.1. The Labute approximate surface area is 99.3 Å². The van der Waals surface area contributed by atoms with Crippen LogP contribution < -0.4 is 10.4 Å². The molecule has 0 fully saturated rings. The van der Waals surface area contributed by atoms with Gasteiger partial charge in [0, 0.05) is 25.0 Å². The van der Waals surface area contributed by atoms with Gasteiger partial charge in [0.05, 0.1) is 19.3 Å². The SMILES string of the molecule is CCn1ccn(Cc2cccc(OC)n2)c1=O. The van der Waals surface area contributed by atoms with Crippen molar-refractivity contribution in [2.75, 3.05) is 7.11 Å². The summed E-state index contributed by atoms with van der Waals surface area (Å²) in [6.07, 6.45) is 3.55. The molecular weight excluding hydrogens is 218 g/mol. The zero-order valence-corrected chi connectivity index (χ0v) is 9.96. The molecular formula is C12H15N3O2. The molecule has 0 aliphatic rings. The molecule has 0 unspecified atom stereocenters. The highest BCUT2D eigenvalue weighted by Gasteiger charge is 2.04. The standard InChI is InChI=1S/C12H15N3O2/c1-3-14-7-8-15(12(14)16)9-10-5-4-6-11(13-10)17-2/h4-8H,3,9H2,1-2H3. The Hall–Kier alpha value is -2.04. The van der Waals surface area contributed by atoms with Crippen LogP contribution in [0.4, 0.5) is 0 Å². The second kappa shape index (κ2) is 4.86. The number of pyridine rings is 1. The second-order valence-corrected chi connectivity index (χ2v) is 3.67. The first kappa shape index (κ1) is 11.4. The van der Waals surface area contributed by atoms with E-state index in [4.69, 9.17) is 4.74 Å². The van der Waals surface area contributed by atoms with Gasteiger partial charge in [0.2, 0.25) is 5.88 Å². The first-order chi connectivity index (χ1) is 8.24. The topological polar surface area (TPSA) is 49.0 Å². The molecule has 2 aromatic heterocycles. The number of aromatic nitrogens is 3.